The van der Waals surface area contributed by atoms with Crippen molar-refractivity contribution in [3.63, 3.8) is 0 Å². The van der Waals surface area contributed by atoms with Crippen molar-refractivity contribution in [2.45, 2.75) is 25.8 Å². The number of carbonyl (C=O) groups is 3. The van der Waals surface area contributed by atoms with E-state index in [9.17, 15) is 19.5 Å². The van der Waals surface area contributed by atoms with E-state index in [-0.39, 0.29) is 12.5 Å². The number of rotatable bonds is 5. The molecule has 8 nitrogen and oxygen atoms in total. The number of carboxylic acid groups (broad SMARTS) is 1. The standard InChI is InChI=1S/C24H26N4O4/c1-15-7-3-6-10-20(15)28-12-11-27(14-21(28)29)24(32)26-22(23(30)31)16(2)18-13-25-19-9-5-4-8-17(18)19/h3-10,13,16,22,25H,11-12,14H2,1-2H3,(H,26,32)(H,30,31)/t16-,22+/m0/s1. The number of aliphatic carboxylic acids is 1. The summed E-state index contributed by atoms with van der Waals surface area (Å²) in [5.41, 5.74) is 3.53. The molecule has 0 unspecified atom stereocenters. The monoisotopic (exact) mass is 434 g/mol. The number of anilines is 1. The highest BCUT2D eigenvalue weighted by Gasteiger charge is 2.34. The summed E-state index contributed by atoms with van der Waals surface area (Å²) in [4.78, 5) is 43.8. The molecular formula is C24H26N4O4. The Balaban J connectivity index is 1.46. The first-order chi connectivity index (χ1) is 15.4. The fourth-order valence-electron chi connectivity index (χ4n) is 4.24. The third-order valence-corrected chi connectivity index (χ3v) is 6.07. The zero-order valence-electron chi connectivity index (χ0n) is 18.0. The summed E-state index contributed by atoms with van der Waals surface area (Å²) in [7, 11) is 0. The van der Waals surface area contributed by atoms with Gasteiger partial charge in [-0.25, -0.2) is 9.59 Å². The van der Waals surface area contributed by atoms with E-state index in [4.69, 9.17) is 0 Å². The Hall–Kier alpha value is -3.81. The highest BCUT2D eigenvalue weighted by molar-refractivity contribution is 5.98. The highest BCUT2D eigenvalue weighted by Crippen LogP contribution is 2.28. The predicted octanol–water partition coefficient (Wildman–Crippen LogP) is 3.09. The first-order valence-corrected chi connectivity index (χ1v) is 10.6. The third-order valence-electron chi connectivity index (χ3n) is 6.07. The molecule has 1 fully saturated rings. The molecule has 4 rings (SSSR count). The molecule has 8 heteroatoms. The molecule has 1 aliphatic heterocycles. The number of hydrogen-bond acceptors (Lipinski definition) is 3. The molecular weight excluding hydrogens is 408 g/mol. The van der Waals surface area contributed by atoms with Gasteiger partial charge in [-0.1, -0.05) is 43.3 Å². The summed E-state index contributed by atoms with van der Waals surface area (Å²) in [5, 5.41) is 13.4. The quantitative estimate of drug-likeness (QED) is 0.574. The number of H-pyrrole nitrogens is 1. The van der Waals surface area contributed by atoms with E-state index in [0.29, 0.717) is 13.1 Å². The number of urea groups is 1. The maximum Gasteiger partial charge on any atom is 0.326 e. The zero-order chi connectivity index (χ0) is 22.8. The fraction of sp³-hybridized carbons (Fsp3) is 0.292. The molecule has 2 heterocycles. The van der Waals surface area contributed by atoms with Gasteiger partial charge in [-0.2, -0.15) is 0 Å². The van der Waals surface area contributed by atoms with Crippen LogP contribution in [0.15, 0.2) is 54.7 Å². The summed E-state index contributed by atoms with van der Waals surface area (Å²) in [5.74, 6) is -1.80. The van der Waals surface area contributed by atoms with Gasteiger partial charge in [0, 0.05) is 41.8 Å². The Labute approximate surface area is 185 Å². The molecule has 0 saturated carbocycles. The SMILES string of the molecule is Cc1ccccc1N1CCN(C(=O)N[C@@H](C(=O)O)[C@@H](C)c2c[nH]c3ccccc23)CC1=O. The van der Waals surface area contributed by atoms with Crippen molar-refractivity contribution in [2.75, 3.05) is 24.5 Å². The molecule has 1 aliphatic rings. The molecule has 32 heavy (non-hydrogen) atoms. The van der Waals surface area contributed by atoms with E-state index in [2.05, 4.69) is 10.3 Å². The molecule has 166 valence electrons. The first-order valence-electron chi connectivity index (χ1n) is 10.6. The van der Waals surface area contributed by atoms with Crippen LogP contribution in [0.25, 0.3) is 10.9 Å². The molecule has 3 N–H and O–H groups in total. The zero-order valence-corrected chi connectivity index (χ0v) is 18.0. The Morgan fingerprint density at radius 1 is 1.09 bits per heavy atom. The van der Waals surface area contributed by atoms with Gasteiger partial charge in [-0.3, -0.25) is 4.79 Å². The molecule has 0 aliphatic carbocycles. The number of carbonyl (C=O) groups excluding carboxylic acids is 2. The van der Waals surface area contributed by atoms with Gasteiger partial charge in [0.1, 0.15) is 12.6 Å². The number of carboxylic acids is 1. The second kappa shape index (κ2) is 8.74. The Bertz CT molecular complexity index is 1170. The molecule has 0 radical (unpaired) electrons. The van der Waals surface area contributed by atoms with Crippen LogP contribution in [0.1, 0.15) is 24.0 Å². The Morgan fingerprint density at radius 3 is 2.53 bits per heavy atom. The lowest BCUT2D eigenvalue weighted by atomic mass is 9.93. The van der Waals surface area contributed by atoms with Gasteiger partial charge >= 0.3 is 12.0 Å². The van der Waals surface area contributed by atoms with Gasteiger partial charge < -0.3 is 25.2 Å². The molecule has 3 aromatic rings. The summed E-state index contributed by atoms with van der Waals surface area (Å²) in [6.07, 6.45) is 1.78. The highest BCUT2D eigenvalue weighted by atomic mass is 16.4. The molecule has 1 aromatic heterocycles. The first kappa shape index (κ1) is 21.4. The van der Waals surface area contributed by atoms with E-state index in [1.807, 2.05) is 55.5 Å². The van der Waals surface area contributed by atoms with E-state index < -0.39 is 24.0 Å². The average molecular weight is 434 g/mol. The number of fused-ring (bicyclic) bond motifs is 1. The lowest BCUT2D eigenvalue weighted by Gasteiger charge is -2.35. The molecule has 2 atom stereocenters. The van der Waals surface area contributed by atoms with Gasteiger partial charge in [0.25, 0.3) is 0 Å². The summed E-state index contributed by atoms with van der Waals surface area (Å²) < 4.78 is 0. The number of piperazine rings is 1. The smallest absolute Gasteiger partial charge is 0.326 e. The third kappa shape index (κ3) is 4.03. The van der Waals surface area contributed by atoms with E-state index >= 15 is 0 Å². The van der Waals surface area contributed by atoms with Crippen LogP contribution < -0.4 is 10.2 Å². The van der Waals surface area contributed by atoms with Crippen molar-refractivity contribution >= 4 is 34.5 Å². The van der Waals surface area contributed by atoms with Crippen LogP contribution >= 0.6 is 0 Å². The minimum atomic E-state index is -1.13. The number of aromatic nitrogens is 1. The van der Waals surface area contributed by atoms with Gasteiger partial charge in [0.05, 0.1) is 0 Å². The molecule has 0 spiro atoms. The van der Waals surface area contributed by atoms with Gasteiger partial charge in [-0.05, 0) is 30.2 Å². The second-order valence-corrected chi connectivity index (χ2v) is 8.10. The number of aryl methyl sites for hydroxylation is 1. The van der Waals surface area contributed by atoms with Crippen LogP contribution in [0.2, 0.25) is 0 Å². The lowest BCUT2D eigenvalue weighted by molar-refractivity contribution is -0.139. The van der Waals surface area contributed by atoms with Crippen LogP contribution in [-0.4, -0.2) is 58.6 Å². The fourth-order valence-corrected chi connectivity index (χ4v) is 4.24. The van der Waals surface area contributed by atoms with Crippen molar-refractivity contribution in [2.24, 2.45) is 0 Å². The number of aromatic amines is 1. The average Bonchev–Trinajstić information content (AvgIpc) is 3.21. The predicted molar refractivity (Wildman–Crippen MR) is 122 cm³/mol. The number of hydrogen-bond donors (Lipinski definition) is 3. The van der Waals surface area contributed by atoms with E-state index in [1.54, 1.807) is 18.0 Å². The number of nitrogens with one attached hydrogen (secondary N) is 2. The van der Waals surface area contributed by atoms with E-state index in [1.165, 1.54) is 4.90 Å². The van der Waals surface area contributed by atoms with Gasteiger partial charge in [0.2, 0.25) is 5.91 Å². The van der Waals surface area contributed by atoms with Crippen LogP contribution in [0.3, 0.4) is 0 Å². The summed E-state index contributed by atoms with van der Waals surface area (Å²) >= 11 is 0. The van der Waals surface area contributed by atoms with Crippen molar-refractivity contribution < 1.29 is 19.5 Å². The molecule has 1 saturated heterocycles. The van der Waals surface area contributed by atoms with E-state index in [0.717, 1.165) is 27.7 Å². The van der Waals surface area contributed by atoms with Crippen LogP contribution in [0, 0.1) is 6.92 Å². The maximum absolute atomic E-state index is 12.9. The summed E-state index contributed by atoms with van der Waals surface area (Å²) in [6.45, 7) is 4.28. The summed E-state index contributed by atoms with van der Waals surface area (Å²) in [6, 6.07) is 13.5. The molecule has 3 amide bonds. The number of amides is 3. The number of para-hydroxylation sites is 2. The Kier molecular flexibility index (Phi) is 5.85. The minimum absolute atomic E-state index is 0.103. The maximum atomic E-state index is 12.9. The van der Waals surface area contributed by atoms with Gasteiger partial charge in [-0.15, -0.1) is 0 Å². The largest absolute Gasteiger partial charge is 0.480 e. The normalized spacial score (nSPS) is 16.1. The van der Waals surface area contributed by atoms with Crippen molar-refractivity contribution in [3.8, 4) is 0 Å². The molecule has 0 bridgehead atoms. The topological polar surface area (TPSA) is 106 Å². The van der Waals surface area contributed by atoms with Crippen molar-refractivity contribution in [1.82, 2.24) is 15.2 Å². The van der Waals surface area contributed by atoms with Crippen LogP contribution in [-0.2, 0) is 9.59 Å². The van der Waals surface area contributed by atoms with Crippen LogP contribution in [0.4, 0.5) is 10.5 Å². The second-order valence-electron chi connectivity index (χ2n) is 8.10. The number of benzene rings is 2. The lowest BCUT2D eigenvalue weighted by Crippen LogP contribution is -2.57. The van der Waals surface area contributed by atoms with Gasteiger partial charge in [0.15, 0.2) is 0 Å². The number of nitrogens with zero attached hydrogens (tertiary/aromatic N) is 2. The Morgan fingerprint density at radius 2 is 1.81 bits per heavy atom. The van der Waals surface area contributed by atoms with Crippen molar-refractivity contribution in [3.05, 3.63) is 65.9 Å². The minimum Gasteiger partial charge on any atom is -0.480 e. The van der Waals surface area contributed by atoms with Crippen LogP contribution in [0.5, 0.6) is 0 Å². The molecule has 2 aromatic carbocycles. The van der Waals surface area contributed by atoms with Crippen molar-refractivity contribution in [1.29, 1.82) is 0 Å².